The van der Waals surface area contributed by atoms with E-state index in [9.17, 15) is 14.4 Å². The number of aldehydes is 1. The van der Waals surface area contributed by atoms with Gasteiger partial charge in [0, 0.05) is 11.6 Å². The molecule has 2 aromatic rings. The molecule has 0 saturated carbocycles. The first-order valence-corrected chi connectivity index (χ1v) is 6.42. The molecule has 0 N–H and O–H groups in total. The lowest BCUT2D eigenvalue weighted by atomic mass is 10.4. The Balaban J connectivity index is 2.54. The molecular formula is C12H11N3O4S. The standard InChI is InChI=1S/C12H11N3O4S/c1-3-8-6-14(4-5-16)12(18)15(8)11-13-9(7-20-11)10(17)19-2/h3,5-7H,1,4H2,2H3. The molecule has 7 nitrogen and oxygen atoms in total. The average Bonchev–Trinajstić information content (AvgIpc) is 3.04. The van der Waals surface area contributed by atoms with Crippen molar-refractivity contribution in [3.8, 4) is 5.13 Å². The lowest BCUT2D eigenvalue weighted by Gasteiger charge is -1.98. The van der Waals surface area contributed by atoms with E-state index in [0.717, 1.165) is 11.3 Å². The van der Waals surface area contributed by atoms with Crippen LogP contribution in [0.15, 0.2) is 23.0 Å². The highest BCUT2D eigenvalue weighted by atomic mass is 32.1. The summed E-state index contributed by atoms with van der Waals surface area (Å²) in [7, 11) is 1.25. The topological polar surface area (TPSA) is 83.2 Å². The minimum absolute atomic E-state index is 0.0537. The molecule has 0 unspecified atom stereocenters. The molecule has 2 rings (SSSR count). The molecule has 0 fully saturated rings. The predicted molar refractivity (Wildman–Crippen MR) is 73.2 cm³/mol. The summed E-state index contributed by atoms with van der Waals surface area (Å²) in [6, 6.07) is 0. The molecule has 20 heavy (non-hydrogen) atoms. The van der Waals surface area contributed by atoms with Crippen molar-refractivity contribution in [1.82, 2.24) is 14.1 Å². The van der Waals surface area contributed by atoms with Crippen LogP contribution in [0.1, 0.15) is 16.2 Å². The number of rotatable bonds is 5. The van der Waals surface area contributed by atoms with E-state index < -0.39 is 11.7 Å². The van der Waals surface area contributed by atoms with E-state index in [1.165, 1.54) is 33.9 Å². The minimum atomic E-state index is -0.576. The quantitative estimate of drug-likeness (QED) is 0.599. The Bertz CT molecular complexity index is 725. The first-order valence-electron chi connectivity index (χ1n) is 5.54. The SMILES string of the molecule is C=Cc1cn(CC=O)c(=O)n1-c1nc(C(=O)OC)cs1. The Hall–Kier alpha value is -2.48. The predicted octanol–water partition coefficient (Wildman–Crippen LogP) is 0.724. The Morgan fingerprint density at radius 2 is 2.35 bits per heavy atom. The zero-order valence-corrected chi connectivity index (χ0v) is 11.4. The van der Waals surface area contributed by atoms with E-state index in [-0.39, 0.29) is 12.2 Å². The van der Waals surface area contributed by atoms with E-state index in [1.54, 1.807) is 0 Å². The molecule has 0 spiro atoms. The van der Waals surface area contributed by atoms with Crippen LogP contribution in [0.3, 0.4) is 0 Å². The molecule has 0 atom stereocenters. The molecule has 0 saturated heterocycles. The van der Waals surface area contributed by atoms with Gasteiger partial charge in [0.25, 0.3) is 0 Å². The van der Waals surface area contributed by atoms with Crippen LogP contribution in [0, 0.1) is 0 Å². The highest BCUT2D eigenvalue weighted by molar-refractivity contribution is 7.12. The van der Waals surface area contributed by atoms with Crippen LogP contribution in [-0.4, -0.2) is 33.5 Å². The van der Waals surface area contributed by atoms with E-state index in [4.69, 9.17) is 0 Å². The van der Waals surface area contributed by atoms with Crippen molar-refractivity contribution in [3.05, 3.63) is 40.0 Å². The van der Waals surface area contributed by atoms with Gasteiger partial charge < -0.3 is 9.53 Å². The molecule has 104 valence electrons. The third kappa shape index (κ3) is 2.32. The highest BCUT2D eigenvalue weighted by Crippen LogP contribution is 2.16. The summed E-state index contributed by atoms with van der Waals surface area (Å²) in [4.78, 5) is 38.1. The van der Waals surface area contributed by atoms with Crippen molar-refractivity contribution in [2.75, 3.05) is 7.11 Å². The smallest absolute Gasteiger partial charge is 0.357 e. The Labute approximate surface area is 117 Å². The van der Waals surface area contributed by atoms with Crippen molar-refractivity contribution in [2.24, 2.45) is 0 Å². The number of esters is 1. The zero-order valence-electron chi connectivity index (χ0n) is 10.6. The van der Waals surface area contributed by atoms with Gasteiger partial charge in [0.2, 0.25) is 0 Å². The van der Waals surface area contributed by atoms with Gasteiger partial charge in [0.15, 0.2) is 10.8 Å². The number of nitrogens with zero attached hydrogens (tertiary/aromatic N) is 3. The maximum atomic E-state index is 12.2. The van der Waals surface area contributed by atoms with Gasteiger partial charge in [0.05, 0.1) is 19.3 Å². The van der Waals surface area contributed by atoms with Crippen molar-refractivity contribution in [1.29, 1.82) is 0 Å². The number of carbonyl (C=O) groups excluding carboxylic acids is 2. The molecular weight excluding hydrogens is 282 g/mol. The molecule has 0 amide bonds. The van der Waals surface area contributed by atoms with Crippen LogP contribution >= 0.6 is 11.3 Å². The van der Waals surface area contributed by atoms with Gasteiger partial charge in [-0.3, -0.25) is 4.57 Å². The molecule has 0 aromatic carbocycles. The van der Waals surface area contributed by atoms with Crippen LogP contribution in [-0.2, 0) is 16.1 Å². The van der Waals surface area contributed by atoms with Gasteiger partial charge in [-0.05, 0) is 6.08 Å². The van der Waals surface area contributed by atoms with Crippen molar-refractivity contribution in [2.45, 2.75) is 6.54 Å². The Morgan fingerprint density at radius 1 is 1.60 bits per heavy atom. The first-order chi connectivity index (χ1) is 9.62. The maximum absolute atomic E-state index is 12.2. The second-order valence-electron chi connectivity index (χ2n) is 3.70. The largest absolute Gasteiger partial charge is 0.464 e. The average molecular weight is 293 g/mol. The van der Waals surface area contributed by atoms with Crippen molar-refractivity contribution < 1.29 is 14.3 Å². The molecule has 0 bridgehead atoms. The van der Waals surface area contributed by atoms with Crippen LogP contribution in [0.2, 0.25) is 0 Å². The van der Waals surface area contributed by atoms with E-state index in [2.05, 4.69) is 16.3 Å². The number of hydrogen-bond acceptors (Lipinski definition) is 6. The van der Waals surface area contributed by atoms with E-state index in [1.807, 2.05) is 0 Å². The minimum Gasteiger partial charge on any atom is -0.464 e. The number of hydrogen-bond donors (Lipinski definition) is 0. The first kappa shape index (κ1) is 13.9. The van der Waals surface area contributed by atoms with Crippen LogP contribution in [0.5, 0.6) is 0 Å². The van der Waals surface area contributed by atoms with E-state index in [0.29, 0.717) is 17.1 Å². The number of thiazole rings is 1. The van der Waals surface area contributed by atoms with Crippen LogP contribution in [0.25, 0.3) is 11.2 Å². The van der Waals surface area contributed by atoms with Gasteiger partial charge in [0.1, 0.15) is 6.29 Å². The molecule has 0 radical (unpaired) electrons. The van der Waals surface area contributed by atoms with E-state index >= 15 is 0 Å². The van der Waals surface area contributed by atoms with Crippen LogP contribution in [0.4, 0.5) is 0 Å². The van der Waals surface area contributed by atoms with Gasteiger partial charge in [-0.25, -0.2) is 19.1 Å². The lowest BCUT2D eigenvalue weighted by Crippen LogP contribution is -2.24. The summed E-state index contributed by atoms with van der Waals surface area (Å²) in [5, 5.41) is 1.81. The van der Waals surface area contributed by atoms with Crippen molar-refractivity contribution in [3.63, 3.8) is 0 Å². The summed E-state index contributed by atoms with van der Waals surface area (Å²) >= 11 is 1.12. The second kappa shape index (κ2) is 5.66. The zero-order chi connectivity index (χ0) is 14.7. The number of methoxy groups -OCH3 is 1. The summed E-state index contributed by atoms with van der Waals surface area (Å²) in [6.45, 7) is 3.56. The van der Waals surface area contributed by atoms with Crippen LogP contribution < -0.4 is 5.69 Å². The van der Waals surface area contributed by atoms with Gasteiger partial charge in [-0.2, -0.15) is 0 Å². The summed E-state index contributed by atoms with van der Waals surface area (Å²) in [5.74, 6) is -0.576. The fourth-order valence-electron chi connectivity index (χ4n) is 1.62. The number of aromatic nitrogens is 3. The maximum Gasteiger partial charge on any atom is 0.357 e. The lowest BCUT2D eigenvalue weighted by molar-refractivity contribution is -0.108. The van der Waals surface area contributed by atoms with Gasteiger partial charge >= 0.3 is 11.7 Å². The molecule has 2 heterocycles. The Morgan fingerprint density at radius 3 is 2.95 bits per heavy atom. The third-order valence-electron chi connectivity index (χ3n) is 2.54. The van der Waals surface area contributed by atoms with Crippen molar-refractivity contribution >= 4 is 29.7 Å². The molecule has 8 heteroatoms. The third-order valence-corrected chi connectivity index (χ3v) is 3.37. The van der Waals surface area contributed by atoms with Gasteiger partial charge in [-0.15, -0.1) is 11.3 Å². The molecule has 0 aliphatic carbocycles. The van der Waals surface area contributed by atoms with Gasteiger partial charge in [-0.1, -0.05) is 6.58 Å². The fourth-order valence-corrected chi connectivity index (χ4v) is 2.43. The number of imidazole rings is 1. The number of carbonyl (C=O) groups is 2. The fraction of sp³-hybridized carbons (Fsp3) is 0.167. The summed E-state index contributed by atoms with van der Waals surface area (Å²) < 4.78 is 7.09. The summed E-state index contributed by atoms with van der Waals surface area (Å²) in [6.07, 6.45) is 3.60. The second-order valence-corrected chi connectivity index (χ2v) is 4.54. The molecule has 0 aliphatic heterocycles. The summed E-state index contributed by atoms with van der Waals surface area (Å²) in [5.41, 5.74) is 0.193. The normalized spacial score (nSPS) is 10.2. The molecule has 0 aliphatic rings. The molecule has 2 aromatic heterocycles. The number of ether oxygens (including phenoxy) is 1. The Kier molecular flexibility index (Phi) is 3.94. The monoisotopic (exact) mass is 293 g/mol. The highest BCUT2D eigenvalue weighted by Gasteiger charge is 2.16.